The van der Waals surface area contributed by atoms with E-state index in [4.69, 9.17) is 4.98 Å². The molecule has 0 spiro atoms. The van der Waals surface area contributed by atoms with Crippen LogP contribution in [0.15, 0.2) is 53.9 Å². The maximum Gasteiger partial charge on any atom is 0.169 e. The molecule has 96 valence electrons. The van der Waals surface area contributed by atoms with E-state index in [9.17, 15) is 0 Å². The quantitative estimate of drug-likeness (QED) is 0.676. The number of thioether (sulfide) groups is 1. The van der Waals surface area contributed by atoms with Crippen molar-refractivity contribution in [3.8, 4) is 0 Å². The van der Waals surface area contributed by atoms with Gasteiger partial charge in [-0.1, -0.05) is 23.9 Å². The van der Waals surface area contributed by atoms with E-state index in [-0.39, 0.29) is 0 Å². The zero-order valence-electron chi connectivity index (χ0n) is 10.8. The average molecular weight is 269 g/mol. The van der Waals surface area contributed by atoms with Crippen LogP contribution in [-0.4, -0.2) is 14.5 Å². The van der Waals surface area contributed by atoms with Crippen molar-refractivity contribution in [2.24, 2.45) is 0 Å². The second-order valence-electron chi connectivity index (χ2n) is 4.27. The number of aromatic nitrogens is 3. The largest absolute Gasteiger partial charge is 0.319 e. The van der Waals surface area contributed by atoms with Gasteiger partial charge in [0, 0.05) is 24.7 Å². The molecule has 0 saturated heterocycles. The molecule has 3 nitrogen and oxygen atoms in total. The maximum absolute atomic E-state index is 4.71. The molecular weight excluding hydrogens is 254 g/mol. The number of pyridine rings is 1. The van der Waals surface area contributed by atoms with Crippen molar-refractivity contribution in [2.45, 2.75) is 24.4 Å². The van der Waals surface area contributed by atoms with Crippen LogP contribution in [0.25, 0.3) is 11.0 Å². The highest BCUT2D eigenvalue weighted by Gasteiger charge is 2.09. The van der Waals surface area contributed by atoms with Crippen molar-refractivity contribution >= 4 is 22.8 Å². The smallest absolute Gasteiger partial charge is 0.169 e. The van der Waals surface area contributed by atoms with E-state index in [1.807, 2.05) is 30.6 Å². The van der Waals surface area contributed by atoms with Crippen molar-refractivity contribution in [3.63, 3.8) is 0 Å². The number of aryl methyl sites for hydroxylation is 1. The first-order chi connectivity index (χ1) is 9.38. The van der Waals surface area contributed by atoms with Gasteiger partial charge in [0.2, 0.25) is 0 Å². The molecule has 4 heteroatoms. The number of benzene rings is 1. The summed E-state index contributed by atoms with van der Waals surface area (Å²) in [7, 11) is 0. The third-order valence-electron chi connectivity index (χ3n) is 3.05. The van der Waals surface area contributed by atoms with Crippen LogP contribution in [0.1, 0.15) is 12.5 Å². The summed E-state index contributed by atoms with van der Waals surface area (Å²) < 4.78 is 2.27. The van der Waals surface area contributed by atoms with E-state index in [1.54, 1.807) is 11.8 Å². The van der Waals surface area contributed by atoms with Crippen LogP contribution < -0.4 is 0 Å². The summed E-state index contributed by atoms with van der Waals surface area (Å²) in [6.45, 7) is 3.10. The summed E-state index contributed by atoms with van der Waals surface area (Å²) in [5.41, 5.74) is 3.55. The van der Waals surface area contributed by atoms with Gasteiger partial charge in [-0.15, -0.1) is 0 Å². The molecule has 2 aromatic heterocycles. The fraction of sp³-hybridized carbons (Fsp3) is 0.200. The summed E-state index contributed by atoms with van der Waals surface area (Å²) in [6.07, 6.45) is 3.66. The van der Waals surface area contributed by atoms with Crippen LogP contribution in [0, 0.1) is 0 Å². The topological polar surface area (TPSA) is 30.7 Å². The van der Waals surface area contributed by atoms with E-state index in [0.717, 1.165) is 23.0 Å². The predicted molar refractivity (Wildman–Crippen MR) is 79.2 cm³/mol. The van der Waals surface area contributed by atoms with Crippen LogP contribution in [0.5, 0.6) is 0 Å². The molecule has 0 aliphatic rings. The minimum atomic E-state index is 0.922. The number of hydrogen-bond acceptors (Lipinski definition) is 3. The Labute approximate surface area is 116 Å². The van der Waals surface area contributed by atoms with Crippen molar-refractivity contribution in [2.75, 3.05) is 0 Å². The minimum absolute atomic E-state index is 0.922. The molecule has 0 atom stereocenters. The van der Waals surface area contributed by atoms with Crippen molar-refractivity contribution in [3.05, 3.63) is 54.4 Å². The molecule has 3 aromatic rings. The van der Waals surface area contributed by atoms with Gasteiger partial charge in [-0.05, 0) is 36.8 Å². The lowest BCUT2D eigenvalue weighted by atomic mass is 10.3. The summed E-state index contributed by atoms with van der Waals surface area (Å²) >= 11 is 1.77. The first kappa shape index (κ1) is 12.2. The average Bonchev–Trinajstić information content (AvgIpc) is 2.83. The second kappa shape index (κ2) is 5.45. The van der Waals surface area contributed by atoms with Gasteiger partial charge in [0.05, 0.1) is 11.0 Å². The Balaban J connectivity index is 1.88. The maximum atomic E-state index is 4.71. The standard InChI is InChI=1S/C15H15N3S/c1-2-18-14-6-4-3-5-13(14)17-15(18)19-11-12-7-9-16-10-8-12/h3-10H,2,11H2,1H3. The molecule has 0 amide bonds. The van der Waals surface area contributed by atoms with Crippen molar-refractivity contribution in [1.29, 1.82) is 0 Å². The van der Waals surface area contributed by atoms with E-state index in [2.05, 4.69) is 34.7 Å². The van der Waals surface area contributed by atoms with Gasteiger partial charge < -0.3 is 4.57 Å². The molecule has 0 N–H and O–H groups in total. The van der Waals surface area contributed by atoms with Gasteiger partial charge >= 0.3 is 0 Å². The summed E-state index contributed by atoms with van der Waals surface area (Å²) in [5, 5.41) is 1.08. The van der Waals surface area contributed by atoms with Crippen LogP contribution in [0.3, 0.4) is 0 Å². The highest BCUT2D eigenvalue weighted by molar-refractivity contribution is 7.98. The van der Waals surface area contributed by atoms with E-state index < -0.39 is 0 Å². The fourth-order valence-electron chi connectivity index (χ4n) is 2.10. The Kier molecular flexibility index (Phi) is 3.51. The zero-order valence-corrected chi connectivity index (χ0v) is 11.6. The fourth-order valence-corrected chi connectivity index (χ4v) is 3.13. The monoisotopic (exact) mass is 269 g/mol. The van der Waals surface area contributed by atoms with Crippen LogP contribution >= 0.6 is 11.8 Å². The minimum Gasteiger partial charge on any atom is -0.319 e. The number of para-hydroxylation sites is 2. The Morgan fingerprint density at radius 1 is 1.11 bits per heavy atom. The van der Waals surface area contributed by atoms with Crippen molar-refractivity contribution in [1.82, 2.24) is 14.5 Å². The van der Waals surface area contributed by atoms with Gasteiger partial charge in [-0.25, -0.2) is 4.98 Å². The summed E-state index contributed by atoms with van der Waals surface area (Å²) in [5.74, 6) is 0.922. The van der Waals surface area contributed by atoms with E-state index in [0.29, 0.717) is 0 Å². The molecule has 1 aromatic carbocycles. The first-order valence-corrected chi connectivity index (χ1v) is 7.34. The lowest BCUT2D eigenvalue weighted by Gasteiger charge is -2.05. The Bertz CT molecular complexity index is 676. The normalized spacial score (nSPS) is 11.0. The zero-order chi connectivity index (χ0) is 13.1. The molecule has 0 unspecified atom stereocenters. The Morgan fingerprint density at radius 2 is 1.89 bits per heavy atom. The molecule has 3 rings (SSSR count). The number of imidazole rings is 1. The van der Waals surface area contributed by atoms with Gasteiger partial charge in [-0.2, -0.15) is 0 Å². The first-order valence-electron chi connectivity index (χ1n) is 6.35. The number of nitrogens with zero attached hydrogens (tertiary/aromatic N) is 3. The highest BCUT2D eigenvalue weighted by Crippen LogP contribution is 2.26. The molecule has 0 saturated carbocycles. The number of fused-ring (bicyclic) bond motifs is 1. The number of hydrogen-bond donors (Lipinski definition) is 0. The molecule has 0 radical (unpaired) electrons. The van der Waals surface area contributed by atoms with E-state index in [1.165, 1.54) is 11.1 Å². The SMILES string of the molecule is CCn1c(SCc2ccncc2)nc2ccccc21. The summed E-state index contributed by atoms with van der Waals surface area (Å²) in [6, 6.07) is 12.4. The summed E-state index contributed by atoms with van der Waals surface area (Å²) in [4.78, 5) is 8.75. The third kappa shape index (κ3) is 2.49. The van der Waals surface area contributed by atoms with Crippen LogP contribution in [0.4, 0.5) is 0 Å². The Hall–Kier alpha value is -1.81. The predicted octanol–water partition coefficient (Wildman–Crippen LogP) is 3.74. The number of rotatable bonds is 4. The molecular formula is C15H15N3S. The molecule has 2 heterocycles. The molecule has 19 heavy (non-hydrogen) atoms. The lowest BCUT2D eigenvalue weighted by molar-refractivity contribution is 0.702. The van der Waals surface area contributed by atoms with Gasteiger partial charge in [0.15, 0.2) is 5.16 Å². The molecule has 0 fully saturated rings. The second-order valence-corrected chi connectivity index (χ2v) is 5.21. The lowest BCUT2D eigenvalue weighted by Crippen LogP contribution is -1.96. The molecule has 0 aliphatic heterocycles. The van der Waals surface area contributed by atoms with E-state index >= 15 is 0 Å². The van der Waals surface area contributed by atoms with Gasteiger partial charge in [0.25, 0.3) is 0 Å². The van der Waals surface area contributed by atoms with Gasteiger partial charge in [-0.3, -0.25) is 4.98 Å². The van der Waals surface area contributed by atoms with Crippen molar-refractivity contribution < 1.29 is 0 Å². The van der Waals surface area contributed by atoms with Crippen LogP contribution in [-0.2, 0) is 12.3 Å². The third-order valence-corrected chi connectivity index (χ3v) is 4.10. The molecule has 0 aliphatic carbocycles. The highest BCUT2D eigenvalue weighted by atomic mass is 32.2. The Morgan fingerprint density at radius 3 is 2.68 bits per heavy atom. The van der Waals surface area contributed by atoms with Gasteiger partial charge in [0.1, 0.15) is 0 Å². The van der Waals surface area contributed by atoms with Crippen LogP contribution in [0.2, 0.25) is 0 Å². The molecule has 0 bridgehead atoms.